The SMILES string of the molecule is COc1ccc(NC(=O)OCC23CO[C@]4(C)CC[C@](C)(OC2)[NH+]34)cc1. The Morgan fingerprint density at radius 3 is 2.32 bits per heavy atom. The van der Waals surface area contributed by atoms with Crippen molar-refractivity contribution in [3.8, 4) is 5.75 Å². The van der Waals surface area contributed by atoms with Gasteiger partial charge in [-0.3, -0.25) is 10.2 Å². The monoisotopic (exact) mass is 349 g/mol. The molecule has 3 aliphatic rings. The summed E-state index contributed by atoms with van der Waals surface area (Å²) in [7, 11) is 1.60. The van der Waals surface area contributed by atoms with E-state index < -0.39 is 6.09 Å². The van der Waals surface area contributed by atoms with E-state index in [0.29, 0.717) is 18.9 Å². The highest BCUT2D eigenvalue weighted by molar-refractivity contribution is 5.84. The van der Waals surface area contributed by atoms with E-state index in [1.807, 2.05) is 0 Å². The molecule has 2 unspecified atom stereocenters. The predicted molar refractivity (Wildman–Crippen MR) is 89.6 cm³/mol. The van der Waals surface area contributed by atoms with Crippen molar-refractivity contribution < 1.29 is 28.6 Å². The fourth-order valence-corrected chi connectivity index (χ4v) is 4.67. The lowest BCUT2D eigenvalue weighted by molar-refractivity contribution is -1.02. The van der Waals surface area contributed by atoms with E-state index in [4.69, 9.17) is 18.9 Å². The number of rotatable bonds is 4. The van der Waals surface area contributed by atoms with Crippen LogP contribution in [0.2, 0.25) is 0 Å². The Bertz CT molecular complexity index is 657. The lowest BCUT2D eigenvalue weighted by atomic mass is 10.0. The quantitative estimate of drug-likeness (QED) is 0.853. The molecule has 0 spiro atoms. The summed E-state index contributed by atoms with van der Waals surface area (Å²) >= 11 is 0. The van der Waals surface area contributed by atoms with E-state index in [1.54, 1.807) is 31.4 Å². The number of methoxy groups -OCH3 is 1. The number of quaternary nitrogens is 1. The summed E-state index contributed by atoms with van der Waals surface area (Å²) in [4.78, 5) is 13.5. The molecule has 0 aliphatic carbocycles. The molecular weight excluding hydrogens is 324 g/mol. The molecule has 0 saturated carbocycles. The van der Waals surface area contributed by atoms with E-state index >= 15 is 0 Å². The van der Waals surface area contributed by atoms with Crippen molar-refractivity contribution >= 4 is 11.8 Å². The molecule has 3 saturated heterocycles. The van der Waals surface area contributed by atoms with Crippen LogP contribution in [0.25, 0.3) is 0 Å². The molecule has 3 heterocycles. The molecule has 7 heteroatoms. The molecule has 7 nitrogen and oxygen atoms in total. The molecule has 0 aromatic heterocycles. The zero-order chi connectivity index (χ0) is 17.7. The van der Waals surface area contributed by atoms with Crippen LogP contribution in [0, 0.1) is 0 Å². The van der Waals surface area contributed by atoms with Crippen molar-refractivity contribution in [3.05, 3.63) is 24.3 Å². The number of amides is 1. The van der Waals surface area contributed by atoms with Gasteiger partial charge in [-0.1, -0.05) is 0 Å². The first-order valence-electron chi connectivity index (χ1n) is 8.63. The lowest BCUT2D eigenvalue weighted by Gasteiger charge is -2.34. The van der Waals surface area contributed by atoms with E-state index in [-0.39, 0.29) is 23.6 Å². The van der Waals surface area contributed by atoms with Crippen molar-refractivity contribution in [1.29, 1.82) is 0 Å². The van der Waals surface area contributed by atoms with Crippen LogP contribution in [0.1, 0.15) is 26.7 Å². The van der Waals surface area contributed by atoms with Crippen LogP contribution in [-0.4, -0.2) is 50.0 Å². The number of hydrogen-bond acceptors (Lipinski definition) is 5. The van der Waals surface area contributed by atoms with Gasteiger partial charge < -0.3 is 18.9 Å². The Labute approximate surface area is 147 Å². The van der Waals surface area contributed by atoms with Crippen LogP contribution < -0.4 is 15.0 Å². The zero-order valence-electron chi connectivity index (χ0n) is 14.9. The minimum Gasteiger partial charge on any atom is -0.497 e. The van der Waals surface area contributed by atoms with E-state index in [2.05, 4.69) is 19.2 Å². The van der Waals surface area contributed by atoms with Gasteiger partial charge in [0.05, 0.1) is 7.11 Å². The molecule has 1 aromatic rings. The molecule has 3 fully saturated rings. The zero-order valence-corrected chi connectivity index (χ0v) is 14.9. The van der Waals surface area contributed by atoms with Crippen LogP contribution in [0.5, 0.6) is 5.75 Å². The molecular formula is C18H25N2O5+. The fraction of sp³-hybridized carbons (Fsp3) is 0.611. The molecule has 0 radical (unpaired) electrons. The number of anilines is 1. The molecule has 4 rings (SSSR count). The first kappa shape index (κ1) is 16.6. The Balaban J connectivity index is 1.40. The number of benzene rings is 1. The van der Waals surface area contributed by atoms with Crippen LogP contribution in [0.3, 0.4) is 0 Å². The summed E-state index contributed by atoms with van der Waals surface area (Å²) < 4.78 is 22.9. The van der Waals surface area contributed by atoms with Crippen molar-refractivity contribution in [2.24, 2.45) is 0 Å². The van der Waals surface area contributed by atoms with Crippen molar-refractivity contribution in [2.45, 2.75) is 43.7 Å². The van der Waals surface area contributed by atoms with Crippen molar-refractivity contribution in [3.63, 3.8) is 0 Å². The Kier molecular flexibility index (Phi) is 3.72. The fourth-order valence-electron chi connectivity index (χ4n) is 4.67. The second-order valence-electron chi connectivity index (χ2n) is 7.62. The highest BCUT2D eigenvalue weighted by Crippen LogP contribution is 2.39. The maximum absolute atomic E-state index is 12.2. The number of carbonyl (C=O) groups excluding carboxylic acids is 1. The normalized spacial score (nSPS) is 38.4. The third kappa shape index (κ3) is 2.58. The van der Waals surface area contributed by atoms with E-state index in [0.717, 1.165) is 18.6 Å². The summed E-state index contributed by atoms with van der Waals surface area (Å²) in [5.41, 5.74) is -0.156. The van der Waals surface area contributed by atoms with Gasteiger partial charge in [-0.2, -0.15) is 0 Å². The Morgan fingerprint density at radius 1 is 1.16 bits per heavy atom. The first-order chi connectivity index (χ1) is 11.9. The first-order valence-corrected chi connectivity index (χ1v) is 8.63. The third-order valence-electron chi connectivity index (χ3n) is 5.82. The third-order valence-corrected chi connectivity index (χ3v) is 5.82. The van der Waals surface area contributed by atoms with Gasteiger partial charge in [0.1, 0.15) is 19.0 Å². The molecule has 2 N–H and O–H groups in total. The second kappa shape index (κ2) is 5.59. The molecule has 25 heavy (non-hydrogen) atoms. The van der Waals surface area contributed by atoms with Gasteiger partial charge in [-0.05, 0) is 24.3 Å². The standard InChI is InChI=1S/C18H24N2O5/c1-16-8-9-17(2)20(16)18(11-24-16,12-25-17)10-23-15(21)19-13-4-6-14(22-3)7-5-13/h4-7H,8-12H2,1-3H3,(H,19,21)/p+1/t16-,17+,18?. The lowest BCUT2D eigenvalue weighted by Crippen LogP contribution is -3.27. The van der Waals surface area contributed by atoms with Gasteiger partial charge in [0, 0.05) is 32.4 Å². The molecule has 0 bridgehead atoms. The maximum Gasteiger partial charge on any atom is 0.411 e. The molecule has 1 aromatic carbocycles. The van der Waals surface area contributed by atoms with Gasteiger partial charge in [0.25, 0.3) is 0 Å². The largest absolute Gasteiger partial charge is 0.497 e. The second-order valence-corrected chi connectivity index (χ2v) is 7.62. The molecule has 1 amide bonds. The van der Waals surface area contributed by atoms with Gasteiger partial charge in [-0.15, -0.1) is 0 Å². The summed E-state index contributed by atoms with van der Waals surface area (Å²) in [5, 5.41) is 2.74. The van der Waals surface area contributed by atoms with Gasteiger partial charge in [-0.25, -0.2) is 4.79 Å². The van der Waals surface area contributed by atoms with Gasteiger partial charge in [0.15, 0.2) is 12.1 Å². The number of carbonyl (C=O) groups is 1. The summed E-state index contributed by atoms with van der Waals surface area (Å²) in [6.07, 6.45) is 1.44. The van der Waals surface area contributed by atoms with Crippen LogP contribution in [-0.2, 0) is 14.2 Å². The van der Waals surface area contributed by atoms with Crippen LogP contribution >= 0.6 is 0 Å². The summed E-state index contributed by atoms with van der Waals surface area (Å²) in [5.74, 6) is 0.736. The van der Waals surface area contributed by atoms with Crippen molar-refractivity contribution in [2.75, 3.05) is 32.2 Å². The van der Waals surface area contributed by atoms with E-state index in [9.17, 15) is 4.79 Å². The van der Waals surface area contributed by atoms with Gasteiger partial charge >= 0.3 is 6.09 Å². The Morgan fingerprint density at radius 2 is 1.76 bits per heavy atom. The highest BCUT2D eigenvalue weighted by Gasteiger charge is 2.74. The minimum absolute atomic E-state index is 0.249. The topological polar surface area (TPSA) is 70.5 Å². The number of nitrogens with one attached hydrogen (secondary N) is 2. The Hall–Kier alpha value is -1.83. The predicted octanol–water partition coefficient (Wildman–Crippen LogP) is 1.15. The van der Waals surface area contributed by atoms with E-state index in [1.165, 1.54) is 4.90 Å². The van der Waals surface area contributed by atoms with Crippen molar-refractivity contribution in [1.82, 2.24) is 0 Å². The summed E-state index contributed by atoms with van der Waals surface area (Å²) in [6, 6.07) is 7.12. The average molecular weight is 349 g/mol. The number of hydrogen-bond donors (Lipinski definition) is 2. The summed E-state index contributed by atoms with van der Waals surface area (Å²) in [6.45, 7) is 5.62. The average Bonchev–Trinajstić information content (AvgIpc) is 3.18. The maximum atomic E-state index is 12.2. The number of ether oxygens (including phenoxy) is 4. The highest BCUT2D eigenvalue weighted by atomic mass is 16.6. The van der Waals surface area contributed by atoms with Gasteiger partial charge in [0.2, 0.25) is 11.4 Å². The molecule has 136 valence electrons. The molecule has 3 aliphatic heterocycles. The van der Waals surface area contributed by atoms with Crippen LogP contribution in [0.15, 0.2) is 24.3 Å². The smallest absolute Gasteiger partial charge is 0.411 e. The molecule has 4 atom stereocenters. The van der Waals surface area contributed by atoms with Crippen LogP contribution in [0.4, 0.5) is 10.5 Å². The minimum atomic E-state index is -0.472.